The standard InChI is InChI=1S/C15H17BrFNO2/c1-3-7-18-14(11-6-8-20-15(11)16)12-9-10(17)4-5-13(12)19-2/h4-6,8-9,14,18H,3,7H2,1-2H3. The second-order valence-electron chi connectivity index (χ2n) is 4.42. The van der Waals surface area contributed by atoms with Crippen molar-refractivity contribution in [2.75, 3.05) is 13.7 Å². The Balaban J connectivity index is 2.46. The summed E-state index contributed by atoms with van der Waals surface area (Å²) in [7, 11) is 1.58. The van der Waals surface area contributed by atoms with Crippen LogP contribution in [0.4, 0.5) is 4.39 Å². The zero-order valence-electron chi connectivity index (χ0n) is 11.5. The summed E-state index contributed by atoms with van der Waals surface area (Å²) in [6.45, 7) is 2.89. The molecule has 0 bridgehead atoms. The highest BCUT2D eigenvalue weighted by atomic mass is 79.9. The number of hydrogen-bond donors (Lipinski definition) is 1. The van der Waals surface area contributed by atoms with Crippen molar-refractivity contribution >= 4 is 15.9 Å². The van der Waals surface area contributed by atoms with Gasteiger partial charge in [0.1, 0.15) is 11.6 Å². The number of furan rings is 1. The van der Waals surface area contributed by atoms with Crippen molar-refractivity contribution in [2.24, 2.45) is 0 Å². The molecule has 1 aromatic heterocycles. The van der Waals surface area contributed by atoms with Gasteiger partial charge in [0.15, 0.2) is 4.67 Å². The van der Waals surface area contributed by atoms with Gasteiger partial charge in [0.25, 0.3) is 0 Å². The van der Waals surface area contributed by atoms with E-state index in [1.54, 1.807) is 19.4 Å². The van der Waals surface area contributed by atoms with Gasteiger partial charge < -0.3 is 14.5 Å². The molecule has 2 rings (SSSR count). The molecule has 0 aliphatic heterocycles. The molecule has 0 saturated carbocycles. The van der Waals surface area contributed by atoms with Crippen molar-refractivity contribution < 1.29 is 13.5 Å². The number of rotatable bonds is 6. The average Bonchev–Trinajstić information content (AvgIpc) is 2.86. The Morgan fingerprint density at radius 1 is 1.35 bits per heavy atom. The second kappa shape index (κ2) is 6.90. The summed E-state index contributed by atoms with van der Waals surface area (Å²) in [6.07, 6.45) is 2.58. The Kier molecular flexibility index (Phi) is 5.20. The summed E-state index contributed by atoms with van der Waals surface area (Å²) in [5.74, 6) is 0.358. The van der Waals surface area contributed by atoms with Gasteiger partial charge >= 0.3 is 0 Å². The topological polar surface area (TPSA) is 34.4 Å². The van der Waals surface area contributed by atoms with Gasteiger partial charge in [0.2, 0.25) is 0 Å². The Morgan fingerprint density at radius 2 is 2.15 bits per heavy atom. The lowest BCUT2D eigenvalue weighted by atomic mass is 9.99. The van der Waals surface area contributed by atoms with Gasteiger partial charge in [-0.05, 0) is 53.2 Å². The Bertz CT molecular complexity index is 571. The fourth-order valence-corrected chi connectivity index (χ4v) is 2.59. The van der Waals surface area contributed by atoms with Crippen LogP contribution in [0.25, 0.3) is 0 Å². The number of benzene rings is 1. The first kappa shape index (κ1) is 15.1. The van der Waals surface area contributed by atoms with E-state index in [2.05, 4.69) is 28.2 Å². The largest absolute Gasteiger partial charge is 0.496 e. The predicted octanol–water partition coefficient (Wildman–Crippen LogP) is 4.28. The highest BCUT2D eigenvalue weighted by Crippen LogP contribution is 2.34. The average molecular weight is 342 g/mol. The lowest BCUT2D eigenvalue weighted by molar-refractivity contribution is 0.401. The van der Waals surface area contributed by atoms with E-state index in [0.717, 1.165) is 24.1 Å². The van der Waals surface area contributed by atoms with Gasteiger partial charge in [-0.1, -0.05) is 6.92 Å². The molecule has 0 radical (unpaired) electrons. The van der Waals surface area contributed by atoms with E-state index in [9.17, 15) is 4.39 Å². The maximum absolute atomic E-state index is 13.6. The molecule has 1 aromatic carbocycles. The van der Waals surface area contributed by atoms with Crippen LogP contribution in [0.5, 0.6) is 5.75 Å². The van der Waals surface area contributed by atoms with Crippen molar-refractivity contribution in [3.05, 3.63) is 52.1 Å². The number of halogens is 2. The molecule has 0 spiro atoms. The fraction of sp³-hybridized carbons (Fsp3) is 0.333. The lowest BCUT2D eigenvalue weighted by Crippen LogP contribution is -2.23. The summed E-state index contributed by atoms with van der Waals surface area (Å²) in [5, 5.41) is 3.39. The van der Waals surface area contributed by atoms with E-state index in [4.69, 9.17) is 9.15 Å². The van der Waals surface area contributed by atoms with E-state index >= 15 is 0 Å². The molecule has 3 nitrogen and oxygen atoms in total. The van der Waals surface area contributed by atoms with Crippen molar-refractivity contribution in [1.29, 1.82) is 0 Å². The molecule has 1 heterocycles. The second-order valence-corrected chi connectivity index (χ2v) is 5.14. The third kappa shape index (κ3) is 3.22. The number of ether oxygens (including phenoxy) is 1. The fourth-order valence-electron chi connectivity index (χ4n) is 2.12. The lowest BCUT2D eigenvalue weighted by Gasteiger charge is -2.20. The summed E-state index contributed by atoms with van der Waals surface area (Å²) < 4.78 is 24.9. The molecule has 0 aliphatic rings. The predicted molar refractivity (Wildman–Crippen MR) is 79.5 cm³/mol. The van der Waals surface area contributed by atoms with Crippen LogP contribution in [0.2, 0.25) is 0 Å². The normalized spacial score (nSPS) is 12.4. The molecule has 108 valence electrons. The minimum absolute atomic E-state index is 0.186. The number of methoxy groups -OCH3 is 1. The van der Waals surface area contributed by atoms with Gasteiger partial charge in [-0.2, -0.15) is 0 Å². The van der Waals surface area contributed by atoms with Crippen LogP contribution in [0.3, 0.4) is 0 Å². The van der Waals surface area contributed by atoms with Crippen LogP contribution in [0.15, 0.2) is 39.6 Å². The van der Waals surface area contributed by atoms with E-state index < -0.39 is 0 Å². The van der Waals surface area contributed by atoms with Crippen LogP contribution in [-0.2, 0) is 0 Å². The third-order valence-corrected chi connectivity index (χ3v) is 3.70. The van der Waals surface area contributed by atoms with Gasteiger partial charge in [-0.3, -0.25) is 0 Å². The molecule has 1 atom stereocenters. The van der Waals surface area contributed by atoms with Crippen LogP contribution >= 0.6 is 15.9 Å². The van der Waals surface area contributed by atoms with Crippen LogP contribution < -0.4 is 10.1 Å². The molecule has 1 unspecified atom stereocenters. The molecular weight excluding hydrogens is 325 g/mol. The molecule has 20 heavy (non-hydrogen) atoms. The van der Waals surface area contributed by atoms with Crippen LogP contribution in [0, 0.1) is 5.82 Å². The summed E-state index contributed by atoms with van der Waals surface area (Å²) in [6, 6.07) is 6.20. The third-order valence-electron chi connectivity index (χ3n) is 3.06. The Labute approximate surface area is 126 Å². The van der Waals surface area contributed by atoms with Gasteiger partial charge in [-0.15, -0.1) is 0 Å². The van der Waals surface area contributed by atoms with Gasteiger partial charge in [0, 0.05) is 11.1 Å². The van der Waals surface area contributed by atoms with Gasteiger partial charge in [0.05, 0.1) is 19.4 Å². The van der Waals surface area contributed by atoms with Crippen molar-refractivity contribution in [3.8, 4) is 5.75 Å². The molecule has 2 aromatic rings. The molecular formula is C15H17BrFNO2. The molecule has 0 saturated heterocycles. The molecule has 0 amide bonds. The minimum Gasteiger partial charge on any atom is -0.496 e. The Hall–Kier alpha value is -1.33. The van der Waals surface area contributed by atoms with E-state index in [1.165, 1.54) is 12.1 Å². The Morgan fingerprint density at radius 3 is 2.75 bits per heavy atom. The summed E-state index contributed by atoms with van der Waals surface area (Å²) in [5.41, 5.74) is 1.67. The van der Waals surface area contributed by atoms with E-state index in [-0.39, 0.29) is 11.9 Å². The van der Waals surface area contributed by atoms with E-state index in [0.29, 0.717) is 10.4 Å². The van der Waals surface area contributed by atoms with Crippen molar-refractivity contribution in [2.45, 2.75) is 19.4 Å². The first-order chi connectivity index (χ1) is 9.67. The minimum atomic E-state index is -0.288. The van der Waals surface area contributed by atoms with Crippen molar-refractivity contribution in [1.82, 2.24) is 5.32 Å². The number of nitrogens with one attached hydrogen (secondary N) is 1. The monoisotopic (exact) mass is 341 g/mol. The summed E-state index contributed by atoms with van der Waals surface area (Å²) >= 11 is 3.38. The maximum Gasteiger partial charge on any atom is 0.174 e. The maximum atomic E-state index is 13.6. The van der Waals surface area contributed by atoms with Crippen LogP contribution in [0.1, 0.15) is 30.5 Å². The molecule has 5 heteroatoms. The summed E-state index contributed by atoms with van der Waals surface area (Å²) in [4.78, 5) is 0. The first-order valence-electron chi connectivity index (χ1n) is 6.47. The highest BCUT2D eigenvalue weighted by molar-refractivity contribution is 9.10. The highest BCUT2D eigenvalue weighted by Gasteiger charge is 2.22. The molecule has 0 aliphatic carbocycles. The zero-order valence-corrected chi connectivity index (χ0v) is 13.0. The quantitative estimate of drug-likeness (QED) is 0.851. The van der Waals surface area contributed by atoms with E-state index in [1.807, 2.05) is 6.07 Å². The first-order valence-corrected chi connectivity index (χ1v) is 7.26. The van der Waals surface area contributed by atoms with Crippen LogP contribution in [-0.4, -0.2) is 13.7 Å². The SMILES string of the molecule is CCCNC(c1cc(F)ccc1OC)c1ccoc1Br. The molecule has 0 fully saturated rings. The van der Waals surface area contributed by atoms with Crippen molar-refractivity contribution in [3.63, 3.8) is 0 Å². The number of hydrogen-bond acceptors (Lipinski definition) is 3. The zero-order chi connectivity index (χ0) is 14.5. The smallest absolute Gasteiger partial charge is 0.174 e. The van der Waals surface area contributed by atoms with Gasteiger partial charge in [-0.25, -0.2) is 4.39 Å². The molecule has 1 N–H and O–H groups in total.